The highest BCUT2D eigenvalue weighted by molar-refractivity contribution is 6.39. The molecule has 10 heteroatoms. The van der Waals surface area contributed by atoms with E-state index in [9.17, 15) is 4.79 Å². The fourth-order valence-corrected chi connectivity index (χ4v) is 4.60. The number of carbonyl (C=O) groups excluding carboxylic acids is 1. The number of rotatable bonds is 6. The molecule has 0 aliphatic heterocycles. The van der Waals surface area contributed by atoms with Crippen LogP contribution in [0.4, 0.5) is 11.8 Å². The van der Waals surface area contributed by atoms with Crippen LogP contribution in [0.2, 0.25) is 10.0 Å². The van der Waals surface area contributed by atoms with Crippen molar-refractivity contribution in [3.63, 3.8) is 0 Å². The Morgan fingerprint density at radius 1 is 1.09 bits per heavy atom. The molecule has 1 amide bonds. The summed E-state index contributed by atoms with van der Waals surface area (Å²) >= 11 is 12.7. The molecule has 33 heavy (non-hydrogen) atoms. The number of carbonyl (C=O) groups is 1. The second-order valence-corrected chi connectivity index (χ2v) is 9.17. The van der Waals surface area contributed by atoms with Gasteiger partial charge in [0, 0.05) is 37.9 Å². The van der Waals surface area contributed by atoms with Crippen LogP contribution in [0, 0.1) is 6.92 Å². The highest BCUT2D eigenvalue weighted by atomic mass is 35.5. The van der Waals surface area contributed by atoms with Crippen molar-refractivity contribution in [3.8, 4) is 11.3 Å². The van der Waals surface area contributed by atoms with Crippen LogP contribution in [0.1, 0.15) is 41.8 Å². The van der Waals surface area contributed by atoms with Crippen LogP contribution >= 0.6 is 23.2 Å². The maximum absolute atomic E-state index is 13.1. The number of hydrogen-bond donors (Lipinski definition) is 2. The van der Waals surface area contributed by atoms with Gasteiger partial charge >= 0.3 is 0 Å². The zero-order chi connectivity index (χ0) is 23.5. The molecule has 1 fully saturated rings. The van der Waals surface area contributed by atoms with Gasteiger partial charge in [-0.25, -0.2) is 4.98 Å². The molecular formula is C23H26Cl2N6O2. The molecule has 2 N–H and O–H groups in total. The van der Waals surface area contributed by atoms with Gasteiger partial charge in [0.05, 0.1) is 10.0 Å². The molecule has 0 spiro atoms. The lowest BCUT2D eigenvalue weighted by Gasteiger charge is -2.29. The Hall–Kier alpha value is -2.84. The Labute approximate surface area is 202 Å². The first-order valence-corrected chi connectivity index (χ1v) is 11.6. The van der Waals surface area contributed by atoms with E-state index in [0.717, 1.165) is 31.5 Å². The minimum Gasteiger partial charge on any atom is -0.363 e. The predicted molar refractivity (Wildman–Crippen MR) is 130 cm³/mol. The zero-order valence-corrected chi connectivity index (χ0v) is 20.2. The molecule has 174 valence electrons. The van der Waals surface area contributed by atoms with Crippen molar-refractivity contribution in [3.05, 3.63) is 51.8 Å². The van der Waals surface area contributed by atoms with Gasteiger partial charge in [0.1, 0.15) is 22.8 Å². The number of aromatic nitrogens is 3. The van der Waals surface area contributed by atoms with Crippen molar-refractivity contribution in [2.45, 2.75) is 44.7 Å². The van der Waals surface area contributed by atoms with E-state index in [1.807, 2.05) is 25.1 Å². The van der Waals surface area contributed by atoms with Crippen LogP contribution in [0.25, 0.3) is 11.3 Å². The molecule has 1 aliphatic carbocycles. The van der Waals surface area contributed by atoms with E-state index in [0.29, 0.717) is 38.6 Å². The number of halogens is 2. The van der Waals surface area contributed by atoms with E-state index in [1.165, 1.54) is 0 Å². The second kappa shape index (κ2) is 9.97. The quantitative estimate of drug-likeness (QED) is 0.505. The van der Waals surface area contributed by atoms with E-state index in [2.05, 4.69) is 25.8 Å². The fourth-order valence-electron chi connectivity index (χ4n) is 4.02. The summed E-state index contributed by atoms with van der Waals surface area (Å²) in [5.74, 6) is 1.66. The Kier molecular flexibility index (Phi) is 7.05. The smallest absolute Gasteiger partial charge is 0.257 e. The summed E-state index contributed by atoms with van der Waals surface area (Å²) in [6, 6.07) is 7.34. The number of anilines is 2. The van der Waals surface area contributed by atoms with Gasteiger partial charge in [0.2, 0.25) is 5.95 Å². The van der Waals surface area contributed by atoms with Crippen LogP contribution in [0.3, 0.4) is 0 Å². The Morgan fingerprint density at radius 2 is 1.76 bits per heavy atom. The Morgan fingerprint density at radius 3 is 2.42 bits per heavy atom. The Bertz CT molecular complexity index is 1120. The highest BCUT2D eigenvalue weighted by Crippen LogP contribution is 2.37. The number of aryl methyl sites for hydroxylation is 1. The van der Waals surface area contributed by atoms with Crippen molar-refractivity contribution >= 4 is 40.9 Å². The molecule has 3 aromatic rings. The Balaban J connectivity index is 1.40. The maximum atomic E-state index is 13.1. The summed E-state index contributed by atoms with van der Waals surface area (Å²) in [6.07, 6.45) is 5.21. The lowest BCUT2D eigenvalue weighted by atomic mass is 9.91. The minimum atomic E-state index is -0.238. The minimum absolute atomic E-state index is 0.0495. The number of nitrogens with one attached hydrogen (secondary N) is 2. The first-order chi connectivity index (χ1) is 15.8. The van der Waals surface area contributed by atoms with Gasteiger partial charge in [-0.15, -0.1) is 0 Å². The van der Waals surface area contributed by atoms with Gasteiger partial charge < -0.3 is 20.1 Å². The lowest BCUT2D eigenvalue weighted by molar-refractivity contribution is 0.0925. The fraction of sp³-hybridized carbons (Fsp3) is 0.391. The molecule has 2 heterocycles. The predicted octanol–water partition coefficient (Wildman–Crippen LogP) is 4.97. The molecule has 0 saturated heterocycles. The number of benzene rings is 1. The zero-order valence-electron chi connectivity index (χ0n) is 18.7. The topological polar surface area (TPSA) is 96.2 Å². The van der Waals surface area contributed by atoms with E-state index in [-0.39, 0.29) is 18.0 Å². The van der Waals surface area contributed by atoms with Gasteiger partial charge in [-0.1, -0.05) is 34.4 Å². The van der Waals surface area contributed by atoms with Crippen LogP contribution in [-0.4, -0.2) is 47.2 Å². The average Bonchev–Trinajstić information content (AvgIpc) is 3.16. The standard InChI is InChI=1S/C23H26Cl2N6O2/c1-13-19(21(30-33-13)20-16(24)5-4-6-17(20)25)22(32)27-14-7-9-15(10-8-14)28-23-26-12-11-18(29-23)31(2)3/h4-6,11-12,14-15H,7-10H2,1-3H3,(H,27,32)(H,26,28,29). The highest BCUT2D eigenvalue weighted by Gasteiger charge is 2.28. The van der Waals surface area contributed by atoms with Crippen molar-refractivity contribution in [2.75, 3.05) is 24.3 Å². The molecule has 0 bridgehead atoms. The summed E-state index contributed by atoms with van der Waals surface area (Å²) in [5.41, 5.74) is 1.21. The van der Waals surface area contributed by atoms with Crippen molar-refractivity contribution in [1.29, 1.82) is 0 Å². The third-order valence-electron chi connectivity index (χ3n) is 5.78. The van der Waals surface area contributed by atoms with Gasteiger partial charge in [-0.2, -0.15) is 4.98 Å². The molecule has 0 atom stereocenters. The molecule has 1 aliphatic rings. The molecule has 2 aromatic heterocycles. The summed E-state index contributed by atoms with van der Waals surface area (Å²) in [6.45, 7) is 1.71. The molecule has 0 unspecified atom stereocenters. The third kappa shape index (κ3) is 5.23. The molecule has 4 rings (SSSR count). The van der Waals surface area contributed by atoms with Crippen molar-refractivity contribution in [1.82, 2.24) is 20.4 Å². The van der Waals surface area contributed by atoms with E-state index in [4.69, 9.17) is 27.7 Å². The third-order valence-corrected chi connectivity index (χ3v) is 6.41. The second-order valence-electron chi connectivity index (χ2n) is 8.36. The first kappa shape index (κ1) is 23.3. The van der Waals surface area contributed by atoms with E-state index in [1.54, 1.807) is 31.3 Å². The van der Waals surface area contributed by atoms with Gasteiger partial charge in [-0.3, -0.25) is 4.79 Å². The van der Waals surface area contributed by atoms with E-state index < -0.39 is 0 Å². The normalized spacial score (nSPS) is 18.1. The van der Waals surface area contributed by atoms with Crippen LogP contribution in [0.5, 0.6) is 0 Å². The van der Waals surface area contributed by atoms with Crippen molar-refractivity contribution in [2.24, 2.45) is 0 Å². The monoisotopic (exact) mass is 488 g/mol. The van der Waals surface area contributed by atoms with Crippen LogP contribution in [-0.2, 0) is 0 Å². The summed E-state index contributed by atoms with van der Waals surface area (Å²) < 4.78 is 5.32. The van der Waals surface area contributed by atoms with Gasteiger partial charge in [0.25, 0.3) is 5.91 Å². The molecule has 8 nitrogen and oxygen atoms in total. The SMILES string of the molecule is Cc1onc(-c2c(Cl)cccc2Cl)c1C(=O)NC1CCC(Nc2nccc(N(C)C)n2)CC1. The summed E-state index contributed by atoms with van der Waals surface area (Å²) in [5, 5.41) is 11.4. The number of nitrogens with zero attached hydrogens (tertiary/aromatic N) is 4. The van der Waals surface area contributed by atoms with Crippen LogP contribution in [0.15, 0.2) is 35.0 Å². The largest absolute Gasteiger partial charge is 0.363 e. The summed E-state index contributed by atoms with van der Waals surface area (Å²) in [4.78, 5) is 23.9. The summed E-state index contributed by atoms with van der Waals surface area (Å²) in [7, 11) is 3.89. The lowest BCUT2D eigenvalue weighted by Crippen LogP contribution is -2.40. The van der Waals surface area contributed by atoms with E-state index >= 15 is 0 Å². The number of hydrogen-bond acceptors (Lipinski definition) is 7. The maximum Gasteiger partial charge on any atom is 0.257 e. The van der Waals surface area contributed by atoms with Crippen molar-refractivity contribution < 1.29 is 9.32 Å². The first-order valence-electron chi connectivity index (χ1n) is 10.8. The van der Waals surface area contributed by atoms with Gasteiger partial charge in [-0.05, 0) is 50.8 Å². The van der Waals surface area contributed by atoms with Crippen LogP contribution < -0.4 is 15.5 Å². The molecular weight excluding hydrogens is 463 g/mol. The van der Waals surface area contributed by atoms with Gasteiger partial charge in [0.15, 0.2) is 0 Å². The molecule has 0 radical (unpaired) electrons. The average molecular weight is 489 g/mol. The number of amides is 1. The molecule has 1 saturated carbocycles. The molecule has 1 aromatic carbocycles.